The number of amides is 1. The van der Waals surface area contributed by atoms with Gasteiger partial charge in [0.15, 0.2) is 0 Å². The molecule has 6 nitrogen and oxygen atoms in total. The Hall–Kier alpha value is -2.27. The van der Waals surface area contributed by atoms with Gasteiger partial charge in [0.05, 0.1) is 31.4 Å². The van der Waals surface area contributed by atoms with Gasteiger partial charge < -0.3 is 15.4 Å². The van der Waals surface area contributed by atoms with E-state index in [1.54, 1.807) is 12.1 Å². The number of piperidine rings is 1. The Bertz CT molecular complexity index is 923. The molecule has 2 N–H and O–H groups in total. The van der Waals surface area contributed by atoms with Crippen LogP contribution in [-0.4, -0.2) is 61.3 Å². The highest BCUT2D eigenvalue weighted by molar-refractivity contribution is 5.83. The summed E-state index contributed by atoms with van der Waals surface area (Å²) >= 11 is 0. The maximum absolute atomic E-state index is 14.8. The van der Waals surface area contributed by atoms with Crippen molar-refractivity contribution in [1.82, 2.24) is 15.5 Å². The first-order valence-electron chi connectivity index (χ1n) is 11.4. The lowest BCUT2D eigenvalue weighted by atomic mass is 9.95. The third-order valence-electron chi connectivity index (χ3n) is 7.34. The van der Waals surface area contributed by atoms with E-state index in [2.05, 4.69) is 27.7 Å². The van der Waals surface area contributed by atoms with Crippen LogP contribution >= 0.6 is 0 Å². The van der Waals surface area contributed by atoms with Gasteiger partial charge in [-0.2, -0.15) is 5.26 Å². The first kappa shape index (κ1) is 20.6. The molecule has 1 aliphatic carbocycles. The number of hydrogen-bond donors (Lipinski definition) is 2. The van der Waals surface area contributed by atoms with Gasteiger partial charge in [0.2, 0.25) is 5.91 Å². The predicted molar refractivity (Wildman–Crippen MR) is 114 cm³/mol. The molecular weight excluding hydrogens is 395 g/mol. The van der Waals surface area contributed by atoms with Gasteiger partial charge in [-0.05, 0) is 54.4 Å². The Labute approximate surface area is 182 Å². The molecule has 5 rings (SSSR count). The first-order valence-corrected chi connectivity index (χ1v) is 11.4. The van der Waals surface area contributed by atoms with Crippen molar-refractivity contribution in [3.63, 3.8) is 0 Å². The van der Waals surface area contributed by atoms with Crippen molar-refractivity contribution in [3.8, 4) is 6.07 Å². The summed E-state index contributed by atoms with van der Waals surface area (Å²) in [5.41, 5.74) is 2.52. The van der Waals surface area contributed by atoms with Gasteiger partial charge in [-0.1, -0.05) is 18.2 Å². The number of carbonyl (C=O) groups excluding carboxylic acids is 1. The fraction of sp³-hybridized carbons (Fsp3) is 0.583. The molecule has 164 valence electrons. The maximum Gasteiger partial charge on any atom is 0.238 e. The number of rotatable bonds is 6. The second kappa shape index (κ2) is 8.70. The molecule has 1 amide bonds. The summed E-state index contributed by atoms with van der Waals surface area (Å²) in [6.07, 6.45) is 6.46. The van der Waals surface area contributed by atoms with Gasteiger partial charge in [-0.15, -0.1) is 0 Å². The number of nitrogens with one attached hydrogen (secondary N) is 2. The van der Waals surface area contributed by atoms with E-state index < -0.39 is 6.04 Å². The average Bonchev–Trinajstić information content (AvgIpc) is 3.37. The SMILES string of the molecule is N#C[C@H](Cc1ccc(C2=CCN(C3COC3)CC2)cc1F)NC(=O)C1NC2CCC1C2. The van der Waals surface area contributed by atoms with Crippen LogP contribution in [0.25, 0.3) is 5.57 Å². The maximum atomic E-state index is 14.8. The average molecular weight is 425 g/mol. The second-order valence-corrected chi connectivity index (χ2v) is 9.28. The molecule has 4 aliphatic rings. The van der Waals surface area contributed by atoms with E-state index in [-0.39, 0.29) is 24.2 Å². The van der Waals surface area contributed by atoms with Crippen LogP contribution < -0.4 is 10.6 Å². The fourth-order valence-corrected chi connectivity index (χ4v) is 5.39. The van der Waals surface area contributed by atoms with Crippen LogP contribution in [-0.2, 0) is 16.0 Å². The normalized spacial score (nSPS) is 29.2. The van der Waals surface area contributed by atoms with Gasteiger partial charge in [0.25, 0.3) is 0 Å². The smallest absolute Gasteiger partial charge is 0.238 e. The predicted octanol–water partition coefficient (Wildman–Crippen LogP) is 2.00. The lowest BCUT2D eigenvalue weighted by Crippen LogP contribution is -2.50. The number of hydrogen-bond acceptors (Lipinski definition) is 5. The molecule has 2 saturated heterocycles. The van der Waals surface area contributed by atoms with Crippen LogP contribution in [0.3, 0.4) is 0 Å². The highest BCUT2D eigenvalue weighted by atomic mass is 19.1. The van der Waals surface area contributed by atoms with Gasteiger partial charge in [0, 0.05) is 25.6 Å². The van der Waals surface area contributed by atoms with Crippen molar-refractivity contribution in [2.45, 2.75) is 56.3 Å². The zero-order valence-corrected chi connectivity index (χ0v) is 17.6. The van der Waals surface area contributed by atoms with E-state index in [1.165, 1.54) is 0 Å². The molecule has 1 aromatic carbocycles. The molecule has 1 aromatic rings. The third kappa shape index (κ3) is 4.25. The molecular formula is C24H29FN4O2. The van der Waals surface area contributed by atoms with Crippen molar-refractivity contribution in [3.05, 3.63) is 41.2 Å². The number of nitriles is 1. The van der Waals surface area contributed by atoms with Gasteiger partial charge in [-0.25, -0.2) is 4.39 Å². The summed E-state index contributed by atoms with van der Waals surface area (Å²) in [5, 5.41) is 15.7. The van der Waals surface area contributed by atoms with E-state index in [1.807, 2.05) is 6.07 Å². The standard InChI is InChI=1S/C24H29FN4O2/c25-22-11-16(15-5-7-29(8-6-15)21-13-31-14-21)1-2-17(22)9-20(12-26)28-24(30)23-18-3-4-19(10-18)27-23/h1-2,5,11,18-21,23,27H,3-4,6-10,13-14H2,(H,28,30)/t18?,19?,20-,23?/m0/s1. The van der Waals surface area contributed by atoms with Gasteiger partial charge >= 0.3 is 0 Å². The Balaban J connectivity index is 1.20. The number of halogens is 1. The number of nitrogens with zero attached hydrogens (tertiary/aromatic N) is 2. The Morgan fingerprint density at radius 2 is 2.26 bits per heavy atom. The van der Waals surface area contributed by atoms with E-state index >= 15 is 0 Å². The quantitative estimate of drug-likeness (QED) is 0.731. The van der Waals surface area contributed by atoms with Crippen molar-refractivity contribution in [1.29, 1.82) is 5.26 Å². The molecule has 7 heteroatoms. The number of ether oxygens (including phenoxy) is 1. The minimum atomic E-state index is -0.735. The van der Waals surface area contributed by atoms with Crippen molar-refractivity contribution >= 4 is 11.5 Å². The van der Waals surface area contributed by atoms with Gasteiger partial charge in [0.1, 0.15) is 11.9 Å². The molecule has 31 heavy (non-hydrogen) atoms. The van der Waals surface area contributed by atoms with Crippen LogP contribution in [0.15, 0.2) is 24.3 Å². The third-order valence-corrected chi connectivity index (χ3v) is 7.34. The lowest BCUT2D eigenvalue weighted by Gasteiger charge is -2.38. The van der Waals surface area contributed by atoms with Crippen LogP contribution in [0.5, 0.6) is 0 Å². The first-order chi connectivity index (χ1) is 15.1. The minimum absolute atomic E-state index is 0.135. The number of carbonyl (C=O) groups is 1. The number of fused-ring (bicyclic) bond motifs is 2. The van der Waals surface area contributed by atoms with E-state index in [9.17, 15) is 14.4 Å². The molecule has 1 saturated carbocycles. The van der Waals surface area contributed by atoms with Crippen molar-refractivity contribution in [2.75, 3.05) is 26.3 Å². The molecule has 3 unspecified atom stereocenters. The van der Waals surface area contributed by atoms with Gasteiger partial charge in [-0.3, -0.25) is 9.69 Å². The van der Waals surface area contributed by atoms with E-state index in [0.717, 1.165) is 63.1 Å². The largest absolute Gasteiger partial charge is 0.378 e. The summed E-state index contributed by atoms with van der Waals surface area (Å²) in [4.78, 5) is 15.0. The molecule has 4 atom stereocenters. The summed E-state index contributed by atoms with van der Waals surface area (Å²) < 4.78 is 20.1. The topological polar surface area (TPSA) is 77.4 Å². The summed E-state index contributed by atoms with van der Waals surface area (Å²) in [6, 6.07) is 7.37. The van der Waals surface area contributed by atoms with Crippen LogP contribution in [0, 0.1) is 23.1 Å². The minimum Gasteiger partial charge on any atom is -0.378 e. The summed E-state index contributed by atoms with van der Waals surface area (Å²) in [6.45, 7) is 3.44. The molecule has 3 fully saturated rings. The Morgan fingerprint density at radius 1 is 1.39 bits per heavy atom. The van der Waals surface area contributed by atoms with Crippen LogP contribution in [0.1, 0.15) is 36.8 Å². The molecule has 0 spiro atoms. The monoisotopic (exact) mass is 424 g/mol. The molecule has 0 radical (unpaired) electrons. The highest BCUT2D eigenvalue weighted by Gasteiger charge is 2.43. The zero-order chi connectivity index (χ0) is 21.4. The highest BCUT2D eigenvalue weighted by Crippen LogP contribution is 2.35. The summed E-state index contributed by atoms with van der Waals surface area (Å²) in [5.74, 6) is -0.0952. The second-order valence-electron chi connectivity index (χ2n) is 9.28. The van der Waals surface area contributed by atoms with Crippen LogP contribution in [0.4, 0.5) is 4.39 Å². The van der Waals surface area contributed by atoms with E-state index in [4.69, 9.17) is 4.74 Å². The van der Waals surface area contributed by atoms with E-state index in [0.29, 0.717) is 23.6 Å². The molecule has 2 bridgehead atoms. The molecule has 3 heterocycles. The molecule has 0 aromatic heterocycles. The number of benzene rings is 1. The Morgan fingerprint density at radius 3 is 2.84 bits per heavy atom. The molecule has 3 aliphatic heterocycles. The lowest BCUT2D eigenvalue weighted by molar-refractivity contribution is -0.124. The fourth-order valence-electron chi connectivity index (χ4n) is 5.39. The van der Waals surface area contributed by atoms with Crippen molar-refractivity contribution in [2.24, 2.45) is 5.92 Å². The van der Waals surface area contributed by atoms with Crippen LogP contribution in [0.2, 0.25) is 0 Å². The van der Waals surface area contributed by atoms with Crippen molar-refractivity contribution < 1.29 is 13.9 Å². The zero-order valence-electron chi connectivity index (χ0n) is 17.6. The Kier molecular flexibility index (Phi) is 5.79. The summed E-state index contributed by atoms with van der Waals surface area (Å²) in [7, 11) is 0.